The Balaban J connectivity index is 2.39. The SMILES string of the molecule is N[C@H](CNc1ncccn1)C(=O)O. The smallest absolute Gasteiger partial charge is 0.322 e. The minimum Gasteiger partial charge on any atom is -0.480 e. The number of nitrogens with zero attached hydrogens (tertiary/aromatic N) is 2. The van der Waals surface area contributed by atoms with Gasteiger partial charge in [0.15, 0.2) is 0 Å². The molecule has 0 saturated carbocycles. The van der Waals surface area contributed by atoms with Crippen LogP contribution in [0.3, 0.4) is 0 Å². The summed E-state index contributed by atoms with van der Waals surface area (Å²) in [6, 6.07) is 0.728. The lowest BCUT2D eigenvalue weighted by atomic mass is 10.3. The lowest BCUT2D eigenvalue weighted by Gasteiger charge is -2.06. The standard InChI is InChI=1S/C7H10N4O2/c8-5(6(12)13)4-11-7-9-2-1-3-10-7/h1-3,5H,4,8H2,(H,12,13)(H,9,10,11)/t5-/m1/s1. The lowest BCUT2D eigenvalue weighted by Crippen LogP contribution is -2.37. The fourth-order valence-corrected chi connectivity index (χ4v) is 0.679. The van der Waals surface area contributed by atoms with Crippen molar-refractivity contribution >= 4 is 11.9 Å². The van der Waals surface area contributed by atoms with Gasteiger partial charge in [0.05, 0.1) is 0 Å². The number of aromatic nitrogens is 2. The summed E-state index contributed by atoms with van der Waals surface area (Å²) in [5.74, 6) is -0.678. The summed E-state index contributed by atoms with van der Waals surface area (Å²) in [5, 5.41) is 11.2. The van der Waals surface area contributed by atoms with Crippen molar-refractivity contribution in [1.82, 2.24) is 9.97 Å². The molecule has 13 heavy (non-hydrogen) atoms. The van der Waals surface area contributed by atoms with Gasteiger partial charge in [-0.1, -0.05) is 0 Å². The minimum atomic E-state index is -1.05. The molecule has 70 valence electrons. The molecule has 0 bridgehead atoms. The molecule has 0 aliphatic heterocycles. The first-order valence-electron chi connectivity index (χ1n) is 3.69. The maximum atomic E-state index is 10.3. The number of anilines is 1. The van der Waals surface area contributed by atoms with Gasteiger partial charge in [-0.3, -0.25) is 4.79 Å². The van der Waals surface area contributed by atoms with Crippen molar-refractivity contribution in [3.63, 3.8) is 0 Å². The first kappa shape index (κ1) is 9.40. The van der Waals surface area contributed by atoms with Crippen LogP contribution in [0.5, 0.6) is 0 Å². The van der Waals surface area contributed by atoms with Crippen molar-refractivity contribution in [3.8, 4) is 0 Å². The van der Waals surface area contributed by atoms with Crippen molar-refractivity contribution in [1.29, 1.82) is 0 Å². The molecule has 0 spiro atoms. The first-order valence-corrected chi connectivity index (χ1v) is 3.69. The Kier molecular flexibility index (Phi) is 3.15. The molecule has 1 rings (SSSR count). The van der Waals surface area contributed by atoms with Gasteiger partial charge in [0.1, 0.15) is 6.04 Å². The molecule has 1 atom stereocenters. The second-order valence-electron chi connectivity index (χ2n) is 2.40. The Morgan fingerprint density at radius 1 is 1.62 bits per heavy atom. The number of aliphatic carboxylic acids is 1. The van der Waals surface area contributed by atoms with Gasteiger partial charge in [-0.2, -0.15) is 0 Å². The van der Waals surface area contributed by atoms with Gasteiger partial charge < -0.3 is 16.2 Å². The van der Waals surface area contributed by atoms with E-state index in [0.29, 0.717) is 5.95 Å². The van der Waals surface area contributed by atoms with E-state index in [1.165, 1.54) is 0 Å². The van der Waals surface area contributed by atoms with Crippen molar-refractivity contribution < 1.29 is 9.90 Å². The summed E-state index contributed by atoms with van der Waals surface area (Å²) in [4.78, 5) is 18.0. The number of rotatable bonds is 4. The van der Waals surface area contributed by atoms with Crippen LogP contribution in [0.15, 0.2) is 18.5 Å². The Morgan fingerprint density at radius 2 is 2.23 bits per heavy atom. The Bertz CT molecular complexity index is 277. The summed E-state index contributed by atoms with van der Waals surface area (Å²) in [6.45, 7) is 0.110. The van der Waals surface area contributed by atoms with Gasteiger partial charge in [0.2, 0.25) is 5.95 Å². The van der Waals surface area contributed by atoms with Crippen LogP contribution >= 0.6 is 0 Å². The fourth-order valence-electron chi connectivity index (χ4n) is 0.679. The highest BCUT2D eigenvalue weighted by Gasteiger charge is 2.10. The van der Waals surface area contributed by atoms with E-state index in [4.69, 9.17) is 10.8 Å². The molecule has 0 unspecified atom stereocenters. The third-order valence-electron chi connectivity index (χ3n) is 1.36. The van der Waals surface area contributed by atoms with Crippen molar-refractivity contribution in [3.05, 3.63) is 18.5 Å². The van der Waals surface area contributed by atoms with Gasteiger partial charge in [0, 0.05) is 18.9 Å². The Morgan fingerprint density at radius 3 is 2.77 bits per heavy atom. The highest BCUT2D eigenvalue weighted by Crippen LogP contribution is 1.93. The molecule has 6 nitrogen and oxygen atoms in total. The Hall–Kier alpha value is -1.69. The number of carboxylic acids is 1. The summed E-state index contributed by atoms with van der Waals surface area (Å²) in [5.41, 5.74) is 5.25. The minimum absolute atomic E-state index is 0.110. The maximum Gasteiger partial charge on any atom is 0.322 e. The summed E-state index contributed by atoms with van der Waals surface area (Å²) in [7, 11) is 0. The highest BCUT2D eigenvalue weighted by molar-refractivity contribution is 5.73. The number of nitrogens with one attached hydrogen (secondary N) is 1. The van der Waals surface area contributed by atoms with E-state index in [1.54, 1.807) is 18.5 Å². The highest BCUT2D eigenvalue weighted by atomic mass is 16.4. The van der Waals surface area contributed by atoms with Gasteiger partial charge >= 0.3 is 5.97 Å². The largest absolute Gasteiger partial charge is 0.480 e. The monoisotopic (exact) mass is 182 g/mol. The van der Waals surface area contributed by atoms with Gasteiger partial charge in [-0.05, 0) is 6.07 Å². The van der Waals surface area contributed by atoms with Crippen LogP contribution in [-0.2, 0) is 4.79 Å². The molecule has 0 fully saturated rings. The average molecular weight is 182 g/mol. The summed E-state index contributed by atoms with van der Waals surface area (Å²) < 4.78 is 0. The topological polar surface area (TPSA) is 101 Å². The Labute approximate surface area is 74.8 Å². The molecule has 0 aliphatic carbocycles. The molecule has 0 aromatic carbocycles. The van der Waals surface area contributed by atoms with E-state index in [0.717, 1.165) is 0 Å². The van der Waals surface area contributed by atoms with E-state index >= 15 is 0 Å². The van der Waals surface area contributed by atoms with Gasteiger partial charge in [0.25, 0.3) is 0 Å². The second kappa shape index (κ2) is 4.36. The predicted molar refractivity (Wildman–Crippen MR) is 46.1 cm³/mol. The maximum absolute atomic E-state index is 10.3. The quantitative estimate of drug-likeness (QED) is 0.569. The molecule has 0 saturated heterocycles. The van der Waals surface area contributed by atoms with E-state index < -0.39 is 12.0 Å². The molecule has 1 aromatic heterocycles. The third kappa shape index (κ3) is 3.04. The molecule has 1 aromatic rings. The van der Waals surface area contributed by atoms with E-state index in [9.17, 15) is 4.79 Å². The van der Waals surface area contributed by atoms with Crippen LogP contribution in [0, 0.1) is 0 Å². The fraction of sp³-hybridized carbons (Fsp3) is 0.286. The number of carbonyl (C=O) groups is 1. The molecule has 0 radical (unpaired) electrons. The third-order valence-corrected chi connectivity index (χ3v) is 1.36. The molecule has 1 heterocycles. The van der Waals surface area contributed by atoms with E-state index in [2.05, 4.69) is 15.3 Å². The normalized spacial score (nSPS) is 12.1. The van der Waals surface area contributed by atoms with Crippen LogP contribution in [-0.4, -0.2) is 33.6 Å². The van der Waals surface area contributed by atoms with Gasteiger partial charge in [-0.25, -0.2) is 9.97 Å². The zero-order chi connectivity index (χ0) is 9.68. The van der Waals surface area contributed by atoms with E-state index in [1.807, 2.05) is 0 Å². The van der Waals surface area contributed by atoms with E-state index in [-0.39, 0.29) is 6.54 Å². The molecular weight excluding hydrogens is 172 g/mol. The number of hydrogen-bond donors (Lipinski definition) is 3. The number of carboxylic acid groups (broad SMARTS) is 1. The second-order valence-corrected chi connectivity index (χ2v) is 2.40. The average Bonchev–Trinajstić information content (AvgIpc) is 2.15. The number of nitrogens with two attached hydrogens (primary N) is 1. The molecule has 4 N–H and O–H groups in total. The van der Waals surface area contributed by atoms with Crippen LogP contribution in [0.25, 0.3) is 0 Å². The number of hydrogen-bond acceptors (Lipinski definition) is 5. The van der Waals surface area contributed by atoms with Crippen molar-refractivity contribution in [2.45, 2.75) is 6.04 Å². The summed E-state index contributed by atoms with van der Waals surface area (Å²) >= 11 is 0. The van der Waals surface area contributed by atoms with Gasteiger partial charge in [-0.15, -0.1) is 0 Å². The van der Waals surface area contributed by atoms with Crippen LogP contribution < -0.4 is 11.1 Å². The molecular formula is C7H10N4O2. The molecule has 0 amide bonds. The predicted octanol–water partition coefficient (Wildman–Crippen LogP) is -0.700. The van der Waals surface area contributed by atoms with Crippen LogP contribution in [0.4, 0.5) is 5.95 Å². The van der Waals surface area contributed by atoms with Crippen LogP contribution in [0.2, 0.25) is 0 Å². The van der Waals surface area contributed by atoms with Crippen molar-refractivity contribution in [2.24, 2.45) is 5.73 Å². The zero-order valence-corrected chi connectivity index (χ0v) is 6.84. The zero-order valence-electron chi connectivity index (χ0n) is 6.84. The summed E-state index contributed by atoms with van der Waals surface area (Å²) in [6.07, 6.45) is 3.11. The van der Waals surface area contributed by atoms with Crippen LogP contribution in [0.1, 0.15) is 0 Å². The lowest BCUT2D eigenvalue weighted by molar-refractivity contribution is -0.138. The van der Waals surface area contributed by atoms with Crippen molar-refractivity contribution in [2.75, 3.05) is 11.9 Å². The molecule has 6 heteroatoms. The first-order chi connectivity index (χ1) is 6.20. The molecule has 0 aliphatic rings.